The summed E-state index contributed by atoms with van der Waals surface area (Å²) in [6, 6.07) is 17.5. The molecule has 1 aliphatic rings. The third-order valence-electron chi connectivity index (χ3n) is 4.97. The number of carboxylic acids is 1. The number of fused-ring (bicyclic) bond motifs is 1. The average molecular weight is 528 g/mol. The molecule has 0 radical (unpaired) electrons. The minimum Gasteiger partial charge on any atom is -0.493 e. The van der Waals surface area contributed by atoms with Gasteiger partial charge in [-0.25, -0.2) is 0 Å². The van der Waals surface area contributed by atoms with E-state index < -0.39 is 23.7 Å². The summed E-state index contributed by atoms with van der Waals surface area (Å²) in [4.78, 5) is 36.1. The quantitative estimate of drug-likeness (QED) is 0.416. The van der Waals surface area contributed by atoms with Crippen molar-refractivity contribution < 1.29 is 29.0 Å². The summed E-state index contributed by atoms with van der Waals surface area (Å²) in [6.45, 7) is -0.348. The third-order valence-corrected chi connectivity index (χ3v) is 6.46. The number of carboxylic acid groups (broad SMARTS) is 1. The third kappa shape index (κ3) is 4.89. The molecule has 0 saturated carbocycles. The first-order valence-corrected chi connectivity index (χ1v) is 11.4. The van der Waals surface area contributed by atoms with Crippen LogP contribution in [-0.4, -0.2) is 40.8 Å². The largest absolute Gasteiger partial charge is 0.493 e. The number of hydrogen-bond donors (Lipinski definition) is 1. The van der Waals surface area contributed by atoms with Gasteiger partial charge in [0, 0.05) is 0 Å². The molecule has 3 aromatic carbocycles. The number of methoxy groups -OCH3 is 1. The number of hydrogen-bond acceptors (Lipinski definition) is 6. The number of halogens is 1. The second kappa shape index (κ2) is 9.68. The molecule has 0 atom stereocenters. The highest BCUT2D eigenvalue weighted by atomic mass is 79.9. The van der Waals surface area contributed by atoms with E-state index in [4.69, 9.17) is 14.6 Å². The number of aliphatic carboxylic acids is 1. The number of thioether (sulfide) groups is 1. The summed E-state index contributed by atoms with van der Waals surface area (Å²) in [6.07, 6.45) is 1.52. The van der Waals surface area contributed by atoms with Gasteiger partial charge in [0.1, 0.15) is 13.2 Å². The summed E-state index contributed by atoms with van der Waals surface area (Å²) in [5.74, 6) is -0.948. The van der Waals surface area contributed by atoms with E-state index in [1.54, 1.807) is 12.1 Å². The number of benzene rings is 3. The number of imide groups is 1. The standard InChI is InChI=1S/C24H18BrNO6S/c1-31-19-10-14(11-20-23(29)26(12-21(27)28)24(30)33-20)9-18(25)22(19)32-13-16-7-4-6-15-5-2-3-8-17(15)16/h2-11H,12-13H2,1H3,(H,27,28)/b20-11-. The highest BCUT2D eigenvalue weighted by Crippen LogP contribution is 2.39. The maximum absolute atomic E-state index is 12.4. The molecule has 0 aromatic heterocycles. The highest BCUT2D eigenvalue weighted by molar-refractivity contribution is 9.10. The van der Waals surface area contributed by atoms with Gasteiger partial charge in [0.15, 0.2) is 11.5 Å². The Hall–Kier alpha value is -3.30. The van der Waals surface area contributed by atoms with E-state index in [-0.39, 0.29) is 4.91 Å². The van der Waals surface area contributed by atoms with Crippen molar-refractivity contribution >= 4 is 61.7 Å². The average Bonchev–Trinajstić information content (AvgIpc) is 3.05. The summed E-state index contributed by atoms with van der Waals surface area (Å²) in [5, 5.41) is 10.5. The van der Waals surface area contributed by atoms with E-state index in [2.05, 4.69) is 15.9 Å². The lowest BCUT2D eigenvalue weighted by Crippen LogP contribution is -2.33. The predicted molar refractivity (Wildman–Crippen MR) is 129 cm³/mol. The second-order valence-corrected chi connectivity index (χ2v) is 8.97. The maximum Gasteiger partial charge on any atom is 0.323 e. The Labute approximate surface area is 202 Å². The van der Waals surface area contributed by atoms with E-state index in [9.17, 15) is 14.4 Å². The van der Waals surface area contributed by atoms with Crippen LogP contribution in [-0.2, 0) is 16.2 Å². The molecule has 2 amide bonds. The molecule has 0 bridgehead atoms. The van der Waals surface area contributed by atoms with Crippen LogP contribution in [0.2, 0.25) is 0 Å². The Morgan fingerprint density at radius 2 is 1.91 bits per heavy atom. The summed E-state index contributed by atoms with van der Waals surface area (Å²) in [7, 11) is 1.51. The number of carbonyl (C=O) groups is 3. The van der Waals surface area contributed by atoms with Crippen molar-refractivity contribution in [1.29, 1.82) is 0 Å². The van der Waals surface area contributed by atoms with Crippen LogP contribution in [0.4, 0.5) is 4.79 Å². The van der Waals surface area contributed by atoms with Gasteiger partial charge >= 0.3 is 5.97 Å². The van der Waals surface area contributed by atoms with Crippen LogP contribution >= 0.6 is 27.7 Å². The van der Waals surface area contributed by atoms with Gasteiger partial charge in [-0.3, -0.25) is 19.3 Å². The van der Waals surface area contributed by atoms with Crippen LogP contribution in [0.5, 0.6) is 11.5 Å². The lowest BCUT2D eigenvalue weighted by molar-refractivity contribution is -0.140. The molecule has 7 nitrogen and oxygen atoms in total. The lowest BCUT2D eigenvalue weighted by Gasteiger charge is -2.15. The van der Waals surface area contributed by atoms with Crippen molar-refractivity contribution in [2.45, 2.75) is 6.61 Å². The molecule has 33 heavy (non-hydrogen) atoms. The monoisotopic (exact) mass is 527 g/mol. The van der Waals surface area contributed by atoms with Crippen LogP contribution in [0.15, 0.2) is 64.0 Å². The molecule has 0 unspecified atom stereocenters. The molecule has 168 valence electrons. The van der Waals surface area contributed by atoms with Crippen LogP contribution in [0, 0.1) is 0 Å². The van der Waals surface area contributed by atoms with Gasteiger partial charge in [-0.05, 0) is 67.8 Å². The molecule has 1 aliphatic heterocycles. The van der Waals surface area contributed by atoms with Gasteiger partial charge in [0.2, 0.25) is 0 Å². The maximum atomic E-state index is 12.4. The molecular formula is C24H18BrNO6S. The smallest absolute Gasteiger partial charge is 0.323 e. The SMILES string of the molecule is COc1cc(/C=C2\SC(=O)N(CC(=O)O)C2=O)cc(Br)c1OCc1cccc2ccccc12. The zero-order valence-electron chi connectivity index (χ0n) is 17.4. The van der Waals surface area contributed by atoms with Crippen LogP contribution in [0.25, 0.3) is 16.8 Å². The zero-order valence-corrected chi connectivity index (χ0v) is 19.8. The van der Waals surface area contributed by atoms with Crippen molar-refractivity contribution in [2.24, 2.45) is 0 Å². The van der Waals surface area contributed by atoms with Crippen LogP contribution in [0.1, 0.15) is 11.1 Å². The molecule has 0 spiro atoms. The van der Waals surface area contributed by atoms with Crippen molar-refractivity contribution in [3.63, 3.8) is 0 Å². The number of nitrogens with zero attached hydrogens (tertiary/aromatic N) is 1. The van der Waals surface area contributed by atoms with Gasteiger partial charge in [-0.2, -0.15) is 0 Å². The van der Waals surface area contributed by atoms with Crippen molar-refractivity contribution in [1.82, 2.24) is 4.90 Å². The molecule has 1 heterocycles. The van der Waals surface area contributed by atoms with Gasteiger partial charge in [0.05, 0.1) is 16.5 Å². The molecular weight excluding hydrogens is 510 g/mol. The molecule has 1 saturated heterocycles. The van der Waals surface area contributed by atoms with Gasteiger partial charge in [-0.15, -0.1) is 0 Å². The highest BCUT2D eigenvalue weighted by Gasteiger charge is 2.36. The summed E-state index contributed by atoms with van der Waals surface area (Å²) in [5.41, 5.74) is 1.62. The van der Waals surface area contributed by atoms with E-state index in [0.29, 0.717) is 44.8 Å². The van der Waals surface area contributed by atoms with E-state index >= 15 is 0 Å². The van der Waals surface area contributed by atoms with Crippen molar-refractivity contribution in [3.05, 3.63) is 75.1 Å². The van der Waals surface area contributed by atoms with Crippen LogP contribution in [0.3, 0.4) is 0 Å². The minimum atomic E-state index is -1.25. The Bertz CT molecular complexity index is 1300. The van der Waals surface area contributed by atoms with Gasteiger partial charge < -0.3 is 14.6 Å². The number of rotatable bonds is 7. The first-order chi connectivity index (χ1) is 15.9. The summed E-state index contributed by atoms with van der Waals surface area (Å²) < 4.78 is 12.2. The number of amides is 2. The Kier molecular flexibility index (Phi) is 6.71. The molecule has 1 N–H and O–H groups in total. The number of ether oxygens (including phenoxy) is 2. The van der Waals surface area contributed by atoms with Crippen molar-refractivity contribution in [2.75, 3.05) is 13.7 Å². The fourth-order valence-electron chi connectivity index (χ4n) is 3.45. The Morgan fingerprint density at radius 1 is 1.15 bits per heavy atom. The molecule has 3 aromatic rings. The fraction of sp³-hybridized carbons (Fsp3) is 0.125. The second-order valence-electron chi connectivity index (χ2n) is 7.12. The lowest BCUT2D eigenvalue weighted by atomic mass is 10.1. The number of carbonyl (C=O) groups excluding carboxylic acids is 2. The van der Waals surface area contributed by atoms with Gasteiger partial charge in [0.25, 0.3) is 11.1 Å². The molecule has 4 rings (SSSR count). The fourth-order valence-corrected chi connectivity index (χ4v) is 4.87. The van der Waals surface area contributed by atoms with Crippen molar-refractivity contribution in [3.8, 4) is 11.5 Å². The Balaban J connectivity index is 1.59. The van der Waals surface area contributed by atoms with Gasteiger partial charge in [-0.1, -0.05) is 42.5 Å². The predicted octanol–water partition coefficient (Wildman–Crippen LogP) is 5.31. The molecule has 9 heteroatoms. The molecule has 1 fully saturated rings. The Morgan fingerprint density at radius 3 is 2.67 bits per heavy atom. The zero-order chi connectivity index (χ0) is 23.5. The van der Waals surface area contributed by atoms with E-state index in [0.717, 1.165) is 16.3 Å². The van der Waals surface area contributed by atoms with E-state index in [1.165, 1.54) is 13.2 Å². The minimum absolute atomic E-state index is 0.139. The first-order valence-electron chi connectivity index (χ1n) is 9.81. The topological polar surface area (TPSA) is 93.1 Å². The summed E-state index contributed by atoms with van der Waals surface area (Å²) >= 11 is 4.20. The van der Waals surface area contributed by atoms with E-state index in [1.807, 2.05) is 42.5 Å². The van der Waals surface area contributed by atoms with Crippen LogP contribution < -0.4 is 9.47 Å². The normalized spacial score (nSPS) is 14.8. The molecule has 0 aliphatic carbocycles. The first kappa shape index (κ1) is 22.9.